The average molecular weight is 272 g/mol. The zero-order chi connectivity index (χ0) is 13.8. The first-order chi connectivity index (χ1) is 9.10. The molecule has 2 aromatic rings. The van der Waals surface area contributed by atoms with Crippen LogP contribution in [-0.4, -0.2) is 11.4 Å². The fourth-order valence-electron chi connectivity index (χ4n) is 2.10. The van der Waals surface area contributed by atoms with Gasteiger partial charge in [-0.2, -0.15) is 0 Å². The topological polar surface area (TPSA) is 20.2 Å². The van der Waals surface area contributed by atoms with Crippen molar-refractivity contribution in [2.45, 2.75) is 31.3 Å². The van der Waals surface area contributed by atoms with Crippen LogP contribution < -0.4 is 0 Å². The molecule has 0 aliphatic heterocycles. The van der Waals surface area contributed by atoms with Crippen LogP contribution in [0.15, 0.2) is 47.4 Å². The van der Waals surface area contributed by atoms with E-state index >= 15 is 0 Å². The van der Waals surface area contributed by atoms with Crippen molar-refractivity contribution < 1.29 is 5.11 Å². The van der Waals surface area contributed by atoms with Crippen LogP contribution in [0.5, 0.6) is 0 Å². The van der Waals surface area contributed by atoms with E-state index in [1.165, 1.54) is 21.6 Å². The molecule has 2 aromatic carbocycles. The van der Waals surface area contributed by atoms with Crippen LogP contribution in [0.1, 0.15) is 28.4 Å². The molecule has 1 N–H and O–H groups in total. The van der Waals surface area contributed by atoms with Crippen molar-refractivity contribution in [1.29, 1.82) is 0 Å². The van der Waals surface area contributed by atoms with Gasteiger partial charge in [0.2, 0.25) is 0 Å². The summed E-state index contributed by atoms with van der Waals surface area (Å²) in [6.07, 6.45) is 2.29. The summed E-state index contributed by atoms with van der Waals surface area (Å²) < 4.78 is 0. The molecular formula is C17H20OS. The van der Waals surface area contributed by atoms with Gasteiger partial charge in [-0.15, -0.1) is 11.8 Å². The molecule has 1 unspecified atom stereocenters. The number of rotatable bonds is 4. The molecule has 19 heavy (non-hydrogen) atoms. The number of aliphatic hydroxyl groups is 1. The SMILES string of the molecule is CSc1ccc(C(O)Cc2ccc(C)c(C)c2)cc1. The first-order valence-corrected chi connectivity index (χ1v) is 7.71. The Morgan fingerprint density at radius 3 is 2.26 bits per heavy atom. The van der Waals surface area contributed by atoms with Crippen molar-refractivity contribution in [2.24, 2.45) is 0 Å². The second-order valence-corrected chi connectivity index (χ2v) is 5.79. The molecule has 0 bridgehead atoms. The molecule has 0 radical (unpaired) electrons. The van der Waals surface area contributed by atoms with Gasteiger partial charge in [-0.25, -0.2) is 0 Å². The molecule has 1 atom stereocenters. The molecule has 2 rings (SSSR count). The molecule has 0 spiro atoms. The van der Waals surface area contributed by atoms with E-state index in [-0.39, 0.29) is 0 Å². The van der Waals surface area contributed by atoms with Gasteiger partial charge >= 0.3 is 0 Å². The Labute approximate surface area is 119 Å². The summed E-state index contributed by atoms with van der Waals surface area (Å²) in [7, 11) is 0. The van der Waals surface area contributed by atoms with Gasteiger partial charge in [-0.1, -0.05) is 30.3 Å². The highest BCUT2D eigenvalue weighted by Crippen LogP contribution is 2.22. The van der Waals surface area contributed by atoms with Crippen molar-refractivity contribution in [1.82, 2.24) is 0 Å². The van der Waals surface area contributed by atoms with Crippen LogP contribution in [-0.2, 0) is 6.42 Å². The number of aliphatic hydroxyl groups excluding tert-OH is 1. The molecule has 0 aliphatic carbocycles. The zero-order valence-corrected chi connectivity index (χ0v) is 12.5. The standard InChI is InChI=1S/C17H20OS/c1-12-4-5-14(10-13(12)2)11-17(18)15-6-8-16(19-3)9-7-15/h4-10,17-18H,11H2,1-3H3. The molecule has 0 saturated heterocycles. The van der Waals surface area contributed by atoms with E-state index in [2.05, 4.69) is 50.4 Å². The van der Waals surface area contributed by atoms with Crippen LogP contribution in [0.25, 0.3) is 0 Å². The highest BCUT2D eigenvalue weighted by molar-refractivity contribution is 7.98. The number of thioether (sulfide) groups is 1. The monoisotopic (exact) mass is 272 g/mol. The van der Waals surface area contributed by atoms with E-state index in [9.17, 15) is 5.11 Å². The Morgan fingerprint density at radius 2 is 1.68 bits per heavy atom. The van der Waals surface area contributed by atoms with Crippen LogP contribution in [0.3, 0.4) is 0 Å². The maximum absolute atomic E-state index is 10.3. The van der Waals surface area contributed by atoms with Crippen LogP contribution in [0.2, 0.25) is 0 Å². The second-order valence-electron chi connectivity index (χ2n) is 4.91. The molecular weight excluding hydrogens is 252 g/mol. The summed E-state index contributed by atoms with van der Waals surface area (Å²) in [5.74, 6) is 0. The quantitative estimate of drug-likeness (QED) is 0.837. The first-order valence-electron chi connectivity index (χ1n) is 6.48. The number of benzene rings is 2. The van der Waals surface area contributed by atoms with Crippen LogP contribution in [0.4, 0.5) is 0 Å². The molecule has 0 amide bonds. The van der Waals surface area contributed by atoms with Crippen LogP contribution in [0, 0.1) is 13.8 Å². The van der Waals surface area contributed by atoms with Gasteiger partial charge in [0.15, 0.2) is 0 Å². The largest absolute Gasteiger partial charge is 0.388 e. The maximum atomic E-state index is 10.3. The molecule has 0 aromatic heterocycles. The van der Waals surface area contributed by atoms with Gasteiger partial charge < -0.3 is 5.11 Å². The normalized spacial score (nSPS) is 12.4. The smallest absolute Gasteiger partial charge is 0.0830 e. The predicted octanol–water partition coefficient (Wildman–Crippen LogP) is 4.30. The van der Waals surface area contributed by atoms with Gasteiger partial charge in [0.05, 0.1) is 6.10 Å². The Kier molecular flexibility index (Phi) is 4.67. The molecule has 0 heterocycles. The molecule has 0 aliphatic rings. The third kappa shape index (κ3) is 3.62. The summed E-state index contributed by atoms with van der Waals surface area (Å²) in [6.45, 7) is 4.22. The van der Waals surface area contributed by atoms with E-state index < -0.39 is 6.10 Å². The summed E-state index contributed by atoms with van der Waals surface area (Å²) in [5, 5.41) is 10.3. The van der Waals surface area contributed by atoms with E-state index in [0.29, 0.717) is 6.42 Å². The number of hydrogen-bond acceptors (Lipinski definition) is 2. The average Bonchev–Trinajstić information content (AvgIpc) is 2.43. The molecule has 2 heteroatoms. The van der Waals surface area contributed by atoms with Crippen molar-refractivity contribution in [3.63, 3.8) is 0 Å². The molecule has 0 fully saturated rings. The van der Waals surface area contributed by atoms with Crippen LogP contribution >= 0.6 is 11.8 Å². The van der Waals surface area contributed by atoms with Crippen molar-refractivity contribution in [2.75, 3.05) is 6.26 Å². The van der Waals surface area contributed by atoms with Gasteiger partial charge in [0, 0.05) is 11.3 Å². The minimum absolute atomic E-state index is 0.432. The van der Waals surface area contributed by atoms with Gasteiger partial charge in [-0.05, 0) is 54.5 Å². The zero-order valence-electron chi connectivity index (χ0n) is 11.7. The van der Waals surface area contributed by atoms with Crippen molar-refractivity contribution in [3.8, 4) is 0 Å². The van der Waals surface area contributed by atoms with Crippen molar-refractivity contribution in [3.05, 3.63) is 64.7 Å². The fourth-order valence-corrected chi connectivity index (χ4v) is 2.51. The molecule has 100 valence electrons. The summed E-state index contributed by atoms with van der Waals surface area (Å²) >= 11 is 1.72. The summed E-state index contributed by atoms with van der Waals surface area (Å²) in [5.41, 5.74) is 4.74. The van der Waals surface area contributed by atoms with E-state index in [1.807, 2.05) is 12.1 Å². The Hall–Kier alpha value is -1.25. The third-order valence-electron chi connectivity index (χ3n) is 3.50. The van der Waals surface area contributed by atoms with E-state index in [1.54, 1.807) is 11.8 Å². The van der Waals surface area contributed by atoms with Gasteiger partial charge in [0.1, 0.15) is 0 Å². The highest BCUT2D eigenvalue weighted by atomic mass is 32.2. The lowest BCUT2D eigenvalue weighted by molar-refractivity contribution is 0.178. The number of hydrogen-bond donors (Lipinski definition) is 1. The second kappa shape index (κ2) is 6.27. The van der Waals surface area contributed by atoms with Gasteiger partial charge in [-0.3, -0.25) is 0 Å². The minimum atomic E-state index is -0.432. The summed E-state index contributed by atoms with van der Waals surface area (Å²) in [4.78, 5) is 1.22. The maximum Gasteiger partial charge on any atom is 0.0830 e. The lowest BCUT2D eigenvalue weighted by Crippen LogP contribution is -2.02. The van der Waals surface area contributed by atoms with Crippen molar-refractivity contribution >= 4 is 11.8 Å². The summed E-state index contributed by atoms with van der Waals surface area (Å²) in [6, 6.07) is 14.5. The first kappa shape index (κ1) is 14.2. The lowest BCUT2D eigenvalue weighted by Gasteiger charge is -2.12. The Morgan fingerprint density at radius 1 is 1.00 bits per heavy atom. The third-order valence-corrected chi connectivity index (χ3v) is 4.24. The fraction of sp³-hybridized carbons (Fsp3) is 0.294. The molecule has 0 saturated carbocycles. The van der Waals surface area contributed by atoms with Gasteiger partial charge in [0.25, 0.3) is 0 Å². The minimum Gasteiger partial charge on any atom is -0.388 e. The van der Waals surface area contributed by atoms with E-state index in [4.69, 9.17) is 0 Å². The predicted molar refractivity (Wildman–Crippen MR) is 82.8 cm³/mol. The Bertz CT molecular complexity index is 546. The molecule has 1 nitrogen and oxygen atoms in total. The highest BCUT2D eigenvalue weighted by Gasteiger charge is 2.09. The number of aryl methyl sites for hydroxylation is 2. The van der Waals surface area contributed by atoms with E-state index in [0.717, 1.165) is 5.56 Å². The lowest BCUT2D eigenvalue weighted by atomic mass is 9.98. The Balaban J connectivity index is 2.10.